The molecule has 0 aromatic heterocycles. The molecule has 0 saturated heterocycles. The second kappa shape index (κ2) is 7.03. The fourth-order valence-corrected chi connectivity index (χ4v) is 0.842. The van der Waals surface area contributed by atoms with Gasteiger partial charge in [0.2, 0.25) is 0 Å². The maximum Gasteiger partial charge on any atom is 0.309 e. The van der Waals surface area contributed by atoms with Crippen molar-refractivity contribution in [2.45, 2.75) is 26.9 Å². The molecule has 0 rings (SSSR count). The fourth-order valence-electron chi connectivity index (χ4n) is 0.842. The highest BCUT2D eigenvalue weighted by Crippen LogP contribution is 2.12. The minimum atomic E-state index is -0.825. The number of ether oxygens (including phenoxy) is 1. The predicted octanol–water partition coefficient (Wildman–Crippen LogP) is 1.72. The van der Waals surface area contributed by atoms with Gasteiger partial charge < -0.3 is 4.74 Å². The van der Waals surface area contributed by atoms with Gasteiger partial charge in [0.15, 0.2) is 0 Å². The second-order valence-corrected chi connectivity index (χ2v) is 3.71. The third-order valence-corrected chi connectivity index (χ3v) is 2.21. The van der Waals surface area contributed by atoms with Crippen molar-refractivity contribution in [2.75, 3.05) is 13.1 Å². The minimum Gasteiger partial charge on any atom is -0.458 e. The molecule has 0 aromatic rings. The molecule has 6 nitrogen and oxygen atoms in total. The van der Waals surface area contributed by atoms with E-state index in [0.717, 1.165) is 0 Å². The Kier molecular flexibility index (Phi) is 6.40. The van der Waals surface area contributed by atoms with Gasteiger partial charge in [-0.1, -0.05) is 31.1 Å². The van der Waals surface area contributed by atoms with Crippen molar-refractivity contribution in [3.63, 3.8) is 0 Å². The lowest BCUT2D eigenvalue weighted by atomic mass is 9.98. The number of carbonyl (C=O) groups excluding carboxylic acids is 1. The lowest BCUT2D eigenvalue weighted by Gasteiger charge is -2.17. The van der Waals surface area contributed by atoms with Gasteiger partial charge in [-0.05, 0) is 5.92 Å². The molecule has 0 aromatic carbocycles. The van der Waals surface area contributed by atoms with E-state index in [-0.39, 0.29) is 24.9 Å². The van der Waals surface area contributed by atoms with Crippen LogP contribution >= 0.6 is 0 Å². The lowest BCUT2D eigenvalue weighted by Crippen LogP contribution is -2.29. The van der Waals surface area contributed by atoms with Gasteiger partial charge in [-0.2, -0.15) is 9.81 Å². The largest absolute Gasteiger partial charge is 0.458 e. The highest BCUT2D eigenvalue weighted by molar-refractivity contribution is 5.72. The number of hydrogen-bond donors (Lipinski definition) is 0. The number of nitrogens with zero attached hydrogens (tertiary/aromatic N) is 2. The van der Waals surface area contributed by atoms with Crippen molar-refractivity contribution in [2.24, 2.45) is 22.2 Å². The van der Waals surface area contributed by atoms with Gasteiger partial charge in [-0.15, -0.1) is 0 Å². The van der Waals surface area contributed by atoms with E-state index in [1.807, 2.05) is 13.8 Å². The zero-order valence-corrected chi connectivity index (χ0v) is 9.17. The molecule has 6 heteroatoms. The maximum atomic E-state index is 11.4. The molecule has 0 spiro atoms. The van der Waals surface area contributed by atoms with Crippen LogP contribution in [0.25, 0.3) is 0 Å². The molecule has 1 unspecified atom stereocenters. The zero-order chi connectivity index (χ0) is 11.8. The Balaban J connectivity index is 4.20. The topological polar surface area (TPSA) is 85.2 Å². The van der Waals surface area contributed by atoms with Gasteiger partial charge in [0.05, 0.1) is 5.92 Å². The maximum absolute atomic E-state index is 11.4. The van der Waals surface area contributed by atoms with Crippen LogP contribution in [0.3, 0.4) is 0 Å². The van der Waals surface area contributed by atoms with Crippen LogP contribution in [0.4, 0.5) is 0 Å². The van der Waals surface area contributed by atoms with Crippen molar-refractivity contribution >= 4 is 5.97 Å². The van der Waals surface area contributed by atoms with Crippen molar-refractivity contribution in [1.29, 1.82) is 0 Å². The normalized spacial score (nSPS) is 12.6. The average molecular weight is 216 g/mol. The predicted molar refractivity (Wildman–Crippen MR) is 55.2 cm³/mol. The molecule has 86 valence electrons. The molecule has 0 N–H and O–H groups in total. The Labute approximate surface area is 88.3 Å². The number of carbonyl (C=O) groups is 1. The minimum absolute atomic E-state index is 0.145. The lowest BCUT2D eigenvalue weighted by molar-refractivity contribution is -0.154. The highest BCUT2D eigenvalue weighted by Gasteiger charge is 2.22. The third kappa shape index (κ3) is 5.19. The number of nitroso groups, excluding NO2 is 2. The summed E-state index contributed by atoms with van der Waals surface area (Å²) in [6.45, 7) is 5.03. The van der Waals surface area contributed by atoms with E-state index in [1.54, 1.807) is 6.92 Å². The van der Waals surface area contributed by atoms with Crippen LogP contribution in [0.2, 0.25) is 0 Å². The molecule has 0 amide bonds. The first-order valence-corrected chi connectivity index (χ1v) is 4.81. The summed E-state index contributed by atoms with van der Waals surface area (Å²) < 4.78 is 4.93. The van der Waals surface area contributed by atoms with Crippen LogP contribution in [-0.4, -0.2) is 25.2 Å². The molecule has 0 aliphatic heterocycles. The number of rotatable bonds is 7. The van der Waals surface area contributed by atoms with Gasteiger partial charge in [-0.25, -0.2) is 0 Å². The molecule has 0 heterocycles. The smallest absolute Gasteiger partial charge is 0.309 e. The first-order valence-electron chi connectivity index (χ1n) is 4.81. The van der Waals surface area contributed by atoms with E-state index < -0.39 is 12.1 Å². The number of esters is 1. The van der Waals surface area contributed by atoms with Crippen LogP contribution < -0.4 is 0 Å². The average Bonchev–Trinajstić information content (AvgIpc) is 2.17. The van der Waals surface area contributed by atoms with Gasteiger partial charge in [-0.3, -0.25) is 4.79 Å². The van der Waals surface area contributed by atoms with Crippen LogP contribution in [0.15, 0.2) is 10.4 Å². The molecule has 1 atom stereocenters. The third-order valence-electron chi connectivity index (χ3n) is 2.21. The Bertz CT molecular complexity index is 220. The fraction of sp³-hybridized carbons (Fsp3) is 0.889. The summed E-state index contributed by atoms with van der Waals surface area (Å²) in [5.74, 6) is -0.556. The van der Waals surface area contributed by atoms with Gasteiger partial charge in [0.25, 0.3) is 0 Å². The van der Waals surface area contributed by atoms with Crippen molar-refractivity contribution in [3.8, 4) is 0 Å². The Morgan fingerprint density at radius 2 is 1.60 bits per heavy atom. The molecular weight excluding hydrogens is 200 g/mol. The van der Waals surface area contributed by atoms with Crippen LogP contribution in [0.5, 0.6) is 0 Å². The summed E-state index contributed by atoms with van der Waals surface area (Å²) in [4.78, 5) is 31.4. The molecule has 0 radical (unpaired) electrons. The van der Waals surface area contributed by atoms with Crippen LogP contribution in [-0.2, 0) is 9.53 Å². The van der Waals surface area contributed by atoms with E-state index in [1.165, 1.54) is 0 Å². The molecule has 0 bridgehead atoms. The summed E-state index contributed by atoms with van der Waals surface area (Å²) in [7, 11) is 0. The molecule has 0 saturated carbocycles. The second-order valence-electron chi connectivity index (χ2n) is 3.71. The molecule has 0 aliphatic carbocycles. The van der Waals surface area contributed by atoms with Gasteiger partial charge in [0.1, 0.15) is 19.2 Å². The van der Waals surface area contributed by atoms with Crippen LogP contribution in [0, 0.1) is 21.6 Å². The van der Waals surface area contributed by atoms with E-state index in [0.29, 0.717) is 0 Å². The summed E-state index contributed by atoms with van der Waals surface area (Å²) in [6.07, 6.45) is -0.825. The summed E-state index contributed by atoms with van der Waals surface area (Å²) >= 11 is 0. The van der Waals surface area contributed by atoms with E-state index in [9.17, 15) is 14.6 Å². The molecule has 0 aliphatic rings. The van der Waals surface area contributed by atoms with Gasteiger partial charge in [0, 0.05) is 0 Å². The summed E-state index contributed by atoms with van der Waals surface area (Å²) in [6, 6.07) is 0. The summed E-state index contributed by atoms with van der Waals surface area (Å²) in [5.41, 5.74) is 0. The van der Waals surface area contributed by atoms with Crippen molar-refractivity contribution in [1.82, 2.24) is 0 Å². The van der Waals surface area contributed by atoms with Gasteiger partial charge >= 0.3 is 5.97 Å². The number of hydrogen-bond acceptors (Lipinski definition) is 6. The first kappa shape index (κ1) is 13.7. The van der Waals surface area contributed by atoms with Crippen LogP contribution in [0.1, 0.15) is 20.8 Å². The molecular formula is C9H16N2O4. The molecule has 15 heavy (non-hydrogen) atoms. The van der Waals surface area contributed by atoms with E-state index >= 15 is 0 Å². The zero-order valence-electron chi connectivity index (χ0n) is 9.17. The Hall–Kier alpha value is -1.33. The highest BCUT2D eigenvalue weighted by atomic mass is 16.5. The van der Waals surface area contributed by atoms with E-state index in [2.05, 4.69) is 10.4 Å². The van der Waals surface area contributed by atoms with Crippen molar-refractivity contribution in [3.05, 3.63) is 9.81 Å². The first-order chi connectivity index (χ1) is 7.02. The Morgan fingerprint density at radius 1 is 1.13 bits per heavy atom. The monoisotopic (exact) mass is 216 g/mol. The quantitative estimate of drug-likeness (QED) is 0.479. The molecule has 0 fully saturated rings. The standard InChI is InChI=1S/C9H16N2O4/c1-6(2)7(3)9(12)15-8(4-10-13)5-11-14/h6-8H,4-5H2,1-3H3. The summed E-state index contributed by atoms with van der Waals surface area (Å²) in [5, 5.41) is 5.17. The van der Waals surface area contributed by atoms with E-state index in [4.69, 9.17) is 4.74 Å². The Morgan fingerprint density at radius 3 is 1.93 bits per heavy atom. The van der Waals surface area contributed by atoms with Crippen molar-refractivity contribution < 1.29 is 9.53 Å². The SMILES string of the molecule is CC(C)C(C)C(=O)OC(CN=O)CN=O.